The van der Waals surface area contributed by atoms with Crippen LogP contribution in [0.25, 0.3) is 17.1 Å². The van der Waals surface area contributed by atoms with E-state index in [1.807, 2.05) is 19.9 Å². The number of nitrogens with one attached hydrogen (secondary N) is 1. The summed E-state index contributed by atoms with van der Waals surface area (Å²) in [6.45, 7) is 4.78. The van der Waals surface area contributed by atoms with Gasteiger partial charge in [0.2, 0.25) is 0 Å². The van der Waals surface area contributed by atoms with E-state index in [0.29, 0.717) is 0 Å². The Morgan fingerprint density at radius 1 is 1.50 bits per heavy atom. The van der Waals surface area contributed by atoms with Gasteiger partial charge in [-0.3, -0.25) is 0 Å². The minimum Gasteiger partial charge on any atom is -0.375 e. The quantitative estimate of drug-likeness (QED) is 0.853. The molecular weight excluding hydrogens is 200 g/mol. The number of hydrogen-bond acceptors (Lipinski definition) is 2. The molecule has 1 N–H and O–H groups in total. The second-order valence-electron chi connectivity index (χ2n) is 3.70. The first-order chi connectivity index (χ1) is 7.79. The number of imidazole rings is 1. The second kappa shape index (κ2) is 4.94. The predicted molar refractivity (Wildman–Crippen MR) is 66.2 cm³/mol. The lowest BCUT2D eigenvalue weighted by Gasteiger charge is -2.04. The van der Waals surface area contributed by atoms with Gasteiger partial charge in [-0.2, -0.15) is 0 Å². The molecule has 2 aromatic rings. The van der Waals surface area contributed by atoms with Gasteiger partial charge in [0, 0.05) is 6.61 Å². The highest BCUT2D eigenvalue weighted by Crippen LogP contribution is 2.13. The van der Waals surface area contributed by atoms with Gasteiger partial charge in [0.05, 0.1) is 23.5 Å². The predicted octanol–water partition coefficient (Wildman–Crippen LogP) is 3.00. The smallest absolute Gasteiger partial charge is 0.0931 e. The molecule has 1 heterocycles. The molecule has 2 rings (SSSR count). The standard InChI is InChI=1S/C13H16N2O/c1-3-16-10(2)4-5-11-6-7-12-13(8-11)15-9-14-12/h4-10H,3H2,1-2H3,(H,14,15). The Hall–Kier alpha value is -1.61. The van der Waals surface area contributed by atoms with E-state index in [9.17, 15) is 0 Å². The molecule has 1 atom stereocenters. The van der Waals surface area contributed by atoms with Crippen molar-refractivity contribution in [1.29, 1.82) is 0 Å². The number of nitrogens with zero attached hydrogens (tertiary/aromatic N) is 1. The maximum atomic E-state index is 5.43. The highest BCUT2D eigenvalue weighted by atomic mass is 16.5. The zero-order valence-electron chi connectivity index (χ0n) is 9.60. The molecule has 0 aliphatic rings. The van der Waals surface area contributed by atoms with Crippen LogP contribution in [0.3, 0.4) is 0 Å². The summed E-state index contributed by atoms with van der Waals surface area (Å²) in [6, 6.07) is 6.15. The van der Waals surface area contributed by atoms with Crippen LogP contribution in [0.1, 0.15) is 19.4 Å². The van der Waals surface area contributed by atoms with E-state index in [1.54, 1.807) is 6.33 Å². The molecule has 0 amide bonds. The molecule has 0 aliphatic carbocycles. The number of ether oxygens (including phenoxy) is 1. The Morgan fingerprint density at radius 3 is 3.19 bits per heavy atom. The van der Waals surface area contributed by atoms with Gasteiger partial charge >= 0.3 is 0 Å². The number of aromatic amines is 1. The van der Waals surface area contributed by atoms with Gasteiger partial charge in [-0.15, -0.1) is 0 Å². The van der Waals surface area contributed by atoms with Crippen LogP contribution in [0, 0.1) is 0 Å². The Labute approximate surface area is 95.2 Å². The highest BCUT2D eigenvalue weighted by molar-refractivity contribution is 5.77. The molecule has 1 aromatic carbocycles. The zero-order valence-corrected chi connectivity index (χ0v) is 9.60. The number of aromatic nitrogens is 2. The van der Waals surface area contributed by atoms with Gasteiger partial charge in [0.25, 0.3) is 0 Å². The van der Waals surface area contributed by atoms with Crippen molar-refractivity contribution < 1.29 is 4.74 Å². The van der Waals surface area contributed by atoms with Crippen LogP contribution in [0.2, 0.25) is 0 Å². The lowest BCUT2D eigenvalue weighted by atomic mass is 10.1. The maximum absolute atomic E-state index is 5.43. The molecule has 16 heavy (non-hydrogen) atoms. The summed E-state index contributed by atoms with van der Waals surface area (Å²) in [5.41, 5.74) is 3.21. The number of benzene rings is 1. The van der Waals surface area contributed by atoms with Crippen molar-refractivity contribution >= 4 is 17.1 Å². The topological polar surface area (TPSA) is 37.9 Å². The van der Waals surface area contributed by atoms with Crippen molar-refractivity contribution in [1.82, 2.24) is 9.97 Å². The normalized spacial score (nSPS) is 13.6. The minimum atomic E-state index is 0.155. The minimum absolute atomic E-state index is 0.155. The molecule has 0 saturated carbocycles. The van der Waals surface area contributed by atoms with Crippen molar-refractivity contribution in [2.24, 2.45) is 0 Å². The molecular formula is C13H16N2O. The van der Waals surface area contributed by atoms with Gasteiger partial charge in [0.15, 0.2) is 0 Å². The summed E-state index contributed by atoms with van der Waals surface area (Å²) in [5.74, 6) is 0. The molecule has 0 radical (unpaired) electrons. The Morgan fingerprint density at radius 2 is 2.38 bits per heavy atom. The first-order valence-corrected chi connectivity index (χ1v) is 5.52. The van der Waals surface area contributed by atoms with Crippen LogP contribution in [0.15, 0.2) is 30.6 Å². The van der Waals surface area contributed by atoms with E-state index in [2.05, 4.69) is 34.3 Å². The summed E-state index contributed by atoms with van der Waals surface area (Å²) >= 11 is 0. The van der Waals surface area contributed by atoms with Gasteiger partial charge in [0.1, 0.15) is 0 Å². The molecule has 3 heteroatoms. The van der Waals surface area contributed by atoms with E-state index in [0.717, 1.165) is 23.2 Å². The van der Waals surface area contributed by atoms with Crippen molar-refractivity contribution in [2.75, 3.05) is 6.61 Å². The molecule has 0 aliphatic heterocycles. The van der Waals surface area contributed by atoms with Gasteiger partial charge in [-0.05, 0) is 31.5 Å². The molecule has 0 fully saturated rings. The van der Waals surface area contributed by atoms with Crippen LogP contribution in [-0.2, 0) is 4.74 Å². The number of fused-ring (bicyclic) bond motifs is 1. The lowest BCUT2D eigenvalue weighted by molar-refractivity contribution is 0.110. The monoisotopic (exact) mass is 216 g/mol. The van der Waals surface area contributed by atoms with E-state index in [4.69, 9.17) is 4.74 Å². The number of rotatable bonds is 4. The Bertz CT molecular complexity index is 487. The third-order valence-electron chi connectivity index (χ3n) is 2.43. The van der Waals surface area contributed by atoms with Crippen LogP contribution >= 0.6 is 0 Å². The van der Waals surface area contributed by atoms with Crippen molar-refractivity contribution in [3.8, 4) is 0 Å². The lowest BCUT2D eigenvalue weighted by Crippen LogP contribution is -2.02. The van der Waals surface area contributed by atoms with Crippen LogP contribution in [0.5, 0.6) is 0 Å². The fourth-order valence-electron chi connectivity index (χ4n) is 1.62. The van der Waals surface area contributed by atoms with Gasteiger partial charge < -0.3 is 9.72 Å². The zero-order chi connectivity index (χ0) is 11.4. The third kappa shape index (κ3) is 2.49. The SMILES string of the molecule is CCOC(C)C=Cc1ccc2nc[nH]c2c1. The fourth-order valence-corrected chi connectivity index (χ4v) is 1.62. The number of H-pyrrole nitrogens is 1. The van der Waals surface area contributed by atoms with Crippen LogP contribution < -0.4 is 0 Å². The van der Waals surface area contributed by atoms with E-state index in [-0.39, 0.29) is 6.10 Å². The van der Waals surface area contributed by atoms with Gasteiger partial charge in [-0.25, -0.2) is 4.98 Å². The average Bonchev–Trinajstić information content (AvgIpc) is 2.74. The van der Waals surface area contributed by atoms with Crippen LogP contribution in [0.4, 0.5) is 0 Å². The molecule has 1 aromatic heterocycles. The third-order valence-corrected chi connectivity index (χ3v) is 2.43. The Balaban J connectivity index is 2.14. The first-order valence-electron chi connectivity index (χ1n) is 5.52. The number of hydrogen-bond donors (Lipinski definition) is 1. The summed E-state index contributed by atoms with van der Waals surface area (Å²) < 4.78 is 5.43. The summed E-state index contributed by atoms with van der Waals surface area (Å²) in [7, 11) is 0. The molecule has 3 nitrogen and oxygen atoms in total. The summed E-state index contributed by atoms with van der Waals surface area (Å²) in [5, 5.41) is 0. The van der Waals surface area contributed by atoms with E-state index >= 15 is 0 Å². The Kier molecular flexibility index (Phi) is 3.37. The highest BCUT2D eigenvalue weighted by Gasteiger charge is 1.97. The van der Waals surface area contributed by atoms with Crippen molar-refractivity contribution in [3.63, 3.8) is 0 Å². The van der Waals surface area contributed by atoms with E-state index < -0.39 is 0 Å². The second-order valence-corrected chi connectivity index (χ2v) is 3.70. The molecule has 1 unspecified atom stereocenters. The molecule has 0 bridgehead atoms. The molecule has 0 saturated heterocycles. The molecule has 0 spiro atoms. The van der Waals surface area contributed by atoms with Crippen molar-refractivity contribution in [2.45, 2.75) is 20.0 Å². The fraction of sp³-hybridized carbons (Fsp3) is 0.308. The maximum Gasteiger partial charge on any atom is 0.0931 e. The van der Waals surface area contributed by atoms with E-state index in [1.165, 1.54) is 0 Å². The first kappa shape index (κ1) is 10.9. The van der Waals surface area contributed by atoms with Crippen LogP contribution in [-0.4, -0.2) is 22.7 Å². The average molecular weight is 216 g/mol. The largest absolute Gasteiger partial charge is 0.375 e. The summed E-state index contributed by atoms with van der Waals surface area (Å²) in [4.78, 5) is 7.28. The van der Waals surface area contributed by atoms with Crippen molar-refractivity contribution in [3.05, 3.63) is 36.2 Å². The van der Waals surface area contributed by atoms with Gasteiger partial charge in [-0.1, -0.05) is 18.2 Å². The summed E-state index contributed by atoms with van der Waals surface area (Å²) in [6.07, 6.45) is 5.99. The molecule has 84 valence electrons.